The molecule has 0 bridgehead atoms. The van der Waals surface area contributed by atoms with Crippen LogP contribution in [-0.2, 0) is 0 Å². The van der Waals surface area contributed by atoms with E-state index in [2.05, 4.69) is 32.9 Å². The number of pyridine rings is 1. The van der Waals surface area contributed by atoms with Crippen LogP contribution in [0.5, 0.6) is 0 Å². The van der Waals surface area contributed by atoms with Crippen LogP contribution in [-0.4, -0.2) is 48.1 Å². The Hall–Kier alpha value is -2.06. The van der Waals surface area contributed by atoms with E-state index in [4.69, 9.17) is 0 Å². The first-order chi connectivity index (χ1) is 9.29. The average molecular weight is 255 g/mol. The smallest absolute Gasteiger partial charge is 0.140 e. The lowest BCUT2D eigenvalue weighted by atomic mass is 10.2. The van der Waals surface area contributed by atoms with Crippen molar-refractivity contribution >= 4 is 16.7 Å². The summed E-state index contributed by atoms with van der Waals surface area (Å²) < 4.78 is 0. The van der Waals surface area contributed by atoms with Crippen molar-refractivity contribution in [3.05, 3.63) is 24.0 Å². The van der Waals surface area contributed by atoms with Crippen molar-refractivity contribution in [1.29, 1.82) is 5.26 Å². The molecule has 0 radical (unpaired) electrons. The van der Waals surface area contributed by atoms with Crippen LogP contribution in [0.1, 0.15) is 12.0 Å². The summed E-state index contributed by atoms with van der Waals surface area (Å²) in [4.78, 5) is 12.1. The van der Waals surface area contributed by atoms with Gasteiger partial charge in [0.05, 0.1) is 16.6 Å². The van der Waals surface area contributed by atoms with Crippen LogP contribution >= 0.6 is 0 Å². The quantitative estimate of drug-likeness (QED) is 0.840. The molecule has 0 aliphatic carbocycles. The molecule has 2 aromatic heterocycles. The maximum absolute atomic E-state index is 9.22. The highest BCUT2D eigenvalue weighted by molar-refractivity contribution is 5.94. The molecule has 1 N–H and O–H groups in total. The number of H-pyrrole nitrogens is 1. The second-order valence-corrected chi connectivity index (χ2v) is 5.01. The molecule has 3 heterocycles. The SMILES string of the molecule is CN1CCCN(c2ccnc3[nH]cc(C#N)c23)CC1. The van der Waals surface area contributed by atoms with Crippen molar-refractivity contribution < 1.29 is 0 Å². The van der Waals surface area contributed by atoms with Crippen LogP contribution in [0.4, 0.5) is 5.69 Å². The molecule has 5 heteroatoms. The van der Waals surface area contributed by atoms with Crippen LogP contribution in [0.3, 0.4) is 0 Å². The Balaban J connectivity index is 2.04. The van der Waals surface area contributed by atoms with Crippen LogP contribution in [0.25, 0.3) is 11.0 Å². The van der Waals surface area contributed by atoms with Crippen molar-refractivity contribution in [2.45, 2.75) is 6.42 Å². The molecule has 5 nitrogen and oxygen atoms in total. The molecule has 19 heavy (non-hydrogen) atoms. The molecule has 1 aliphatic heterocycles. The lowest BCUT2D eigenvalue weighted by molar-refractivity contribution is 0.360. The van der Waals surface area contributed by atoms with E-state index in [-0.39, 0.29) is 0 Å². The highest BCUT2D eigenvalue weighted by Crippen LogP contribution is 2.28. The van der Waals surface area contributed by atoms with Gasteiger partial charge in [-0.25, -0.2) is 4.98 Å². The minimum atomic E-state index is 0.677. The molecule has 0 saturated carbocycles. The molecular weight excluding hydrogens is 238 g/mol. The molecular formula is C14H17N5. The van der Waals surface area contributed by atoms with Gasteiger partial charge >= 0.3 is 0 Å². The largest absolute Gasteiger partial charge is 0.370 e. The molecule has 1 saturated heterocycles. The van der Waals surface area contributed by atoms with E-state index in [0.717, 1.165) is 49.3 Å². The third-order valence-corrected chi connectivity index (χ3v) is 3.73. The summed E-state index contributed by atoms with van der Waals surface area (Å²) in [7, 11) is 2.16. The molecule has 98 valence electrons. The van der Waals surface area contributed by atoms with Gasteiger partial charge in [-0.05, 0) is 26.1 Å². The lowest BCUT2D eigenvalue weighted by Gasteiger charge is -2.23. The second-order valence-electron chi connectivity index (χ2n) is 5.01. The van der Waals surface area contributed by atoms with E-state index < -0.39 is 0 Å². The molecule has 1 fully saturated rings. The first-order valence-electron chi connectivity index (χ1n) is 6.59. The summed E-state index contributed by atoms with van der Waals surface area (Å²) in [6, 6.07) is 4.26. The second kappa shape index (κ2) is 4.90. The van der Waals surface area contributed by atoms with Gasteiger partial charge in [-0.2, -0.15) is 5.26 Å². The predicted molar refractivity (Wildman–Crippen MR) is 75.1 cm³/mol. The van der Waals surface area contributed by atoms with E-state index in [1.807, 2.05) is 12.3 Å². The minimum absolute atomic E-state index is 0.677. The Morgan fingerprint density at radius 1 is 1.32 bits per heavy atom. The van der Waals surface area contributed by atoms with Gasteiger partial charge in [-0.15, -0.1) is 0 Å². The number of hydrogen-bond acceptors (Lipinski definition) is 4. The van der Waals surface area contributed by atoms with Crippen molar-refractivity contribution in [1.82, 2.24) is 14.9 Å². The third kappa shape index (κ3) is 2.15. The maximum atomic E-state index is 9.22. The Morgan fingerprint density at radius 2 is 2.21 bits per heavy atom. The Kier molecular flexibility index (Phi) is 3.10. The summed E-state index contributed by atoms with van der Waals surface area (Å²) in [5.74, 6) is 0. The number of anilines is 1. The van der Waals surface area contributed by atoms with Gasteiger partial charge in [0.2, 0.25) is 0 Å². The van der Waals surface area contributed by atoms with E-state index in [0.29, 0.717) is 5.56 Å². The van der Waals surface area contributed by atoms with Crippen molar-refractivity contribution in [2.24, 2.45) is 0 Å². The number of likely N-dealkylation sites (N-methyl/N-ethyl adjacent to an activating group) is 1. The molecule has 0 unspecified atom stereocenters. The summed E-state index contributed by atoms with van der Waals surface area (Å²) in [6.07, 6.45) is 4.70. The number of fused-ring (bicyclic) bond motifs is 1. The van der Waals surface area contributed by atoms with E-state index in [1.54, 1.807) is 6.20 Å². The predicted octanol–water partition coefficient (Wildman–Crippen LogP) is 1.58. The fourth-order valence-electron chi connectivity index (χ4n) is 2.68. The summed E-state index contributed by atoms with van der Waals surface area (Å²) in [6.45, 7) is 4.20. The number of aromatic amines is 1. The fourth-order valence-corrected chi connectivity index (χ4v) is 2.68. The van der Waals surface area contributed by atoms with Crippen molar-refractivity contribution in [3.8, 4) is 6.07 Å². The monoisotopic (exact) mass is 255 g/mol. The van der Waals surface area contributed by atoms with E-state index in [9.17, 15) is 5.26 Å². The zero-order chi connectivity index (χ0) is 13.2. The highest BCUT2D eigenvalue weighted by Gasteiger charge is 2.17. The number of nitriles is 1. The molecule has 3 rings (SSSR count). The van der Waals surface area contributed by atoms with Gasteiger partial charge in [-0.3, -0.25) is 0 Å². The van der Waals surface area contributed by atoms with Crippen LogP contribution < -0.4 is 4.90 Å². The van der Waals surface area contributed by atoms with Crippen LogP contribution in [0, 0.1) is 11.3 Å². The average Bonchev–Trinajstić information content (AvgIpc) is 2.74. The van der Waals surface area contributed by atoms with E-state index in [1.165, 1.54) is 0 Å². The van der Waals surface area contributed by atoms with Gasteiger partial charge < -0.3 is 14.8 Å². The number of nitrogens with zero attached hydrogens (tertiary/aromatic N) is 4. The fraction of sp³-hybridized carbons (Fsp3) is 0.429. The Bertz CT molecular complexity index is 624. The first kappa shape index (κ1) is 12.0. The van der Waals surface area contributed by atoms with Gasteiger partial charge in [0, 0.05) is 32.0 Å². The summed E-state index contributed by atoms with van der Waals surface area (Å²) >= 11 is 0. The topological polar surface area (TPSA) is 58.9 Å². The van der Waals surface area contributed by atoms with Crippen molar-refractivity contribution in [3.63, 3.8) is 0 Å². The summed E-state index contributed by atoms with van der Waals surface area (Å²) in [5, 5.41) is 10.2. The van der Waals surface area contributed by atoms with Gasteiger partial charge in [-0.1, -0.05) is 0 Å². The molecule has 0 spiro atoms. The molecule has 0 amide bonds. The number of nitrogens with one attached hydrogen (secondary N) is 1. The molecule has 0 atom stereocenters. The number of aromatic nitrogens is 2. The number of hydrogen-bond donors (Lipinski definition) is 1. The zero-order valence-corrected chi connectivity index (χ0v) is 11.1. The number of rotatable bonds is 1. The van der Waals surface area contributed by atoms with Gasteiger partial charge in [0.25, 0.3) is 0 Å². The first-order valence-corrected chi connectivity index (χ1v) is 6.59. The van der Waals surface area contributed by atoms with Gasteiger partial charge in [0.15, 0.2) is 0 Å². The van der Waals surface area contributed by atoms with Crippen molar-refractivity contribution in [2.75, 3.05) is 38.1 Å². The standard InChI is InChI=1S/C14H17N5/c1-18-5-2-6-19(8-7-18)12-3-4-16-14-13(12)11(9-15)10-17-14/h3-4,10H,2,5-8H2,1H3,(H,16,17). The molecule has 0 aromatic carbocycles. The Labute approximate surface area is 112 Å². The van der Waals surface area contributed by atoms with Crippen LogP contribution in [0.15, 0.2) is 18.5 Å². The minimum Gasteiger partial charge on any atom is -0.370 e. The lowest BCUT2D eigenvalue weighted by Crippen LogP contribution is -2.28. The van der Waals surface area contributed by atoms with E-state index >= 15 is 0 Å². The summed E-state index contributed by atoms with van der Waals surface area (Å²) in [5.41, 5.74) is 2.60. The normalized spacial score (nSPS) is 17.4. The van der Waals surface area contributed by atoms with Gasteiger partial charge in [0.1, 0.15) is 11.7 Å². The van der Waals surface area contributed by atoms with Crippen LogP contribution in [0.2, 0.25) is 0 Å². The zero-order valence-electron chi connectivity index (χ0n) is 11.1. The highest BCUT2D eigenvalue weighted by atomic mass is 15.2. The third-order valence-electron chi connectivity index (χ3n) is 3.73. The molecule has 1 aliphatic rings. The molecule has 2 aromatic rings. The Morgan fingerprint density at radius 3 is 3.05 bits per heavy atom. The maximum Gasteiger partial charge on any atom is 0.140 e.